The van der Waals surface area contributed by atoms with Gasteiger partial charge in [-0.05, 0) is 25.3 Å². The van der Waals surface area contributed by atoms with Gasteiger partial charge in [0.05, 0.1) is 12.6 Å². The summed E-state index contributed by atoms with van der Waals surface area (Å²) in [5, 5.41) is 13.1. The van der Waals surface area contributed by atoms with E-state index in [-0.39, 0.29) is 12.6 Å². The van der Waals surface area contributed by atoms with Crippen molar-refractivity contribution in [2.45, 2.75) is 31.7 Å². The molecule has 0 radical (unpaired) electrons. The van der Waals surface area contributed by atoms with Crippen LogP contribution >= 0.6 is 0 Å². The van der Waals surface area contributed by atoms with Gasteiger partial charge in [0.25, 0.3) is 0 Å². The molecule has 0 spiro atoms. The Kier molecular flexibility index (Phi) is 3.92. The molecule has 106 valence electrons. The summed E-state index contributed by atoms with van der Waals surface area (Å²) in [7, 11) is 0. The molecule has 3 heterocycles. The lowest BCUT2D eigenvalue weighted by atomic mass is 9.99. The lowest BCUT2D eigenvalue weighted by molar-refractivity contribution is 0.276. The van der Waals surface area contributed by atoms with Crippen molar-refractivity contribution in [2.75, 3.05) is 18.1 Å². The van der Waals surface area contributed by atoms with Crippen LogP contribution in [0.15, 0.2) is 29.0 Å². The minimum atomic E-state index is 0.0742. The van der Waals surface area contributed by atoms with Gasteiger partial charge in [-0.25, -0.2) is 9.97 Å². The van der Waals surface area contributed by atoms with Gasteiger partial charge in [-0.15, -0.1) is 0 Å². The predicted octanol–water partition coefficient (Wildman–Crippen LogP) is 1.73. The Balaban J connectivity index is 1.84. The van der Waals surface area contributed by atoms with E-state index in [9.17, 15) is 0 Å². The highest BCUT2D eigenvalue weighted by molar-refractivity contribution is 5.34. The third-order valence-electron chi connectivity index (χ3n) is 3.59. The van der Waals surface area contributed by atoms with E-state index in [1.807, 2.05) is 12.1 Å². The Morgan fingerprint density at radius 2 is 2.15 bits per heavy atom. The second-order valence-corrected chi connectivity index (χ2v) is 4.95. The second kappa shape index (κ2) is 6.00. The van der Waals surface area contributed by atoms with E-state index in [1.54, 1.807) is 12.4 Å². The third-order valence-corrected chi connectivity index (χ3v) is 3.59. The number of anilines is 1. The molecule has 1 aliphatic rings. The molecule has 0 aliphatic carbocycles. The van der Waals surface area contributed by atoms with Gasteiger partial charge in [0.1, 0.15) is 11.5 Å². The number of hydrogen-bond donors (Lipinski definition) is 1. The smallest absolute Gasteiger partial charge is 0.225 e. The number of aromatic nitrogens is 3. The molecule has 0 bridgehead atoms. The largest absolute Gasteiger partial charge is 0.396 e. The molecule has 3 rings (SSSR count). The van der Waals surface area contributed by atoms with E-state index >= 15 is 0 Å². The summed E-state index contributed by atoms with van der Waals surface area (Å²) < 4.78 is 5.26. The predicted molar refractivity (Wildman–Crippen MR) is 73.3 cm³/mol. The Morgan fingerprint density at radius 1 is 1.30 bits per heavy atom. The number of nitrogens with zero attached hydrogens (tertiary/aromatic N) is 4. The molecule has 0 aromatic carbocycles. The van der Waals surface area contributed by atoms with E-state index in [4.69, 9.17) is 9.63 Å². The highest BCUT2D eigenvalue weighted by atomic mass is 16.5. The van der Waals surface area contributed by atoms with Crippen molar-refractivity contribution >= 4 is 5.95 Å². The zero-order valence-electron chi connectivity index (χ0n) is 11.3. The first-order chi connectivity index (χ1) is 9.88. The molecular formula is C14H18N4O2. The van der Waals surface area contributed by atoms with Gasteiger partial charge in [0.2, 0.25) is 5.95 Å². The van der Waals surface area contributed by atoms with Crippen LogP contribution in [0.2, 0.25) is 0 Å². The molecule has 0 amide bonds. The quantitative estimate of drug-likeness (QED) is 0.915. The lowest BCUT2D eigenvalue weighted by Gasteiger charge is -2.34. The fourth-order valence-corrected chi connectivity index (χ4v) is 2.63. The van der Waals surface area contributed by atoms with Crippen LogP contribution in [-0.4, -0.2) is 33.4 Å². The first-order valence-electron chi connectivity index (χ1n) is 6.98. The van der Waals surface area contributed by atoms with E-state index < -0.39 is 0 Å². The van der Waals surface area contributed by atoms with Crippen LogP contribution in [-0.2, 0) is 6.42 Å². The van der Waals surface area contributed by atoms with E-state index in [0.717, 1.165) is 43.2 Å². The molecule has 1 saturated heterocycles. The average molecular weight is 274 g/mol. The molecule has 1 aliphatic heterocycles. The minimum absolute atomic E-state index is 0.0742. The number of aliphatic hydroxyl groups excluding tert-OH is 1. The number of aliphatic hydroxyl groups is 1. The maximum Gasteiger partial charge on any atom is 0.225 e. The van der Waals surface area contributed by atoms with Crippen LogP contribution in [0.25, 0.3) is 0 Å². The zero-order valence-corrected chi connectivity index (χ0v) is 11.3. The van der Waals surface area contributed by atoms with Crippen molar-refractivity contribution in [3.63, 3.8) is 0 Å². The fraction of sp³-hybridized carbons (Fsp3) is 0.500. The first kappa shape index (κ1) is 13.1. The Morgan fingerprint density at radius 3 is 2.95 bits per heavy atom. The van der Waals surface area contributed by atoms with Crippen LogP contribution < -0.4 is 4.90 Å². The van der Waals surface area contributed by atoms with E-state index in [2.05, 4.69) is 20.0 Å². The Bertz CT molecular complexity index is 543. The molecule has 6 nitrogen and oxygen atoms in total. The van der Waals surface area contributed by atoms with Gasteiger partial charge >= 0.3 is 0 Å². The topological polar surface area (TPSA) is 75.3 Å². The zero-order chi connectivity index (χ0) is 13.8. The SMILES string of the molecule is OCCc1cc(C2CCCCN2c2ncccn2)no1. The average Bonchev–Trinajstić information content (AvgIpc) is 2.97. The van der Waals surface area contributed by atoms with Gasteiger partial charge in [0, 0.05) is 31.4 Å². The summed E-state index contributed by atoms with van der Waals surface area (Å²) in [6.45, 7) is 1.00. The third kappa shape index (κ3) is 2.65. The Labute approximate surface area is 117 Å². The van der Waals surface area contributed by atoms with Crippen LogP contribution in [0.1, 0.15) is 36.8 Å². The van der Waals surface area contributed by atoms with Crippen molar-refractivity contribution in [3.05, 3.63) is 36.0 Å². The lowest BCUT2D eigenvalue weighted by Crippen LogP contribution is -2.34. The van der Waals surface area contributed by atoms with Crippen LogP contribution in [0, 0.1) is 0 Å². The molecule has 1 unspecified atom stereocenters. The van der Waals surface area contributed by atoms with Gasteiger partial charge < -0.3 is 14.5 Å². The monoisotopic (exact) mass is 274 g/mol. The maximum absolute atomic E-state index is 8.95. The van der Waals surface area contributed by atoms with Crippen LogP contribution in [0.3, 0.4) is 0 Å². The molecule has 20 heavy (non-hydrogen) atoms. The molecule has 2 aromatic heterocycles. The summed E-state index contributed by atoms with van der Waals surface area (Å²) >= 11 is 0. The van der Waals surface area contributed by atoms with E-state index in [1.165, 1.54) is 0 Å². The summed E-state index contributed by atoms with van der Waals surface area (Å²) in [5.41, 5.74) is 0.903. The van der Waals surface area contributed by atoms with Crippen molar-refractivity contribution in [1.82, 2.24) is 15.1 Å². The van der Waals surface area contributed by atoms with Crippen molar-refractivity contribution in [1.29, 1.82) is 0 Å². The van der Waals surface area contributed by atoms with Gasteiger partial charge in [-0.2, -0.15) is 0 Å². The van der Waals surface area contributed by atoms with Gasteiger partial charge in [0.15, 0.2) is 0 Å². The molecule has 1 atom stereocenters. The maximum atomic E-state index is 8.95. The van der Waals surface area contributed by atoms with Crippen molar-refractivity contribution < 1.29 is 9.63 Å². The highest BCUT2D eigenvalue weighted by Gasteiger charge is 2.28. The summed E-state index contributed by atoms with van der Waals surface area (Å²) in [4.78, 5) is 10.9. The number of piperidine rings is 1. The fourth-order valence-electron chi connectivity index (χ4n) is 2.63. The minimum Gasteiger partial charge on any atom is -0.396 e. The number of rotatable bonds is 4. The standard InChI is InChI=1S/C14H18N4O2/c19-9-5-11-10-12(17-20-11)13-4-1-2-8-18(13)14-15-6-3-7-16-14/h3,6-7,10,13,19H,1-2,4-5,8-9H2. The normalized spacial score (nSPS) is 19.2. The molecule has 1 fully saturated rings. The summed E-state index contributed by atoms with van der Waals surface area (Å²) in [6.07, 6.45) is 7.33. The Hall–Kier alpha value is -1.95. The van der Waals surface area contributed by atoms with Crippen molar-refractivity contribution in [2.24, 2.45) is 0 Å². The molecule has 1 N–H and O–H groups in total. The van der Waals surface area contributed by atoms with Crippen LogP contribution in [0.5, 0.6) is 0 Å². The van der Waals surface area contributed by atoms with Gasteiger partial charge in [-0.3, -0.25) is 0 Å². The first-order valence-corrected chi connectivity index (χ1v) is 6.98. The van der Waals surface area contributed by atoms with Crippen molar-refractivity contribution in [3.8, 4) is 0 Å². The number of hydrogen-bond acceptors (Lipinski definition) is 6. The van der Waals surface area contributed by atoms with Crippen LogP contribution in [0.4, 0.5) is 5.95 Å². The molecule has 2 aromatic rings. The molecular weight excluding hydrogens is 256 g/mol. The molecule has 6 heteroatoms. The van der Waals surface area contributed by atoms with Gasteiger partial charge in [-0.1, -0.05) is 5.16 Å². The molecule has 0 saturated carbocycles. The second-order valence-electron chi connectivity index (χ2n) is 4.95. The van der Waals surface area contributed by atoms with E-state index in [0.29, 0.717) is 6.42 Å². The highest BCUT2D eigenvalue weighted by Crippen LogP contribution is 2.32. The summed E-state index contributed by atoms with van der Waals surface area (Å²) in [5.74, 6) is 1.46. The summed E-state index contributed by atoms with van der Waals surface area (Å²) in [6, 6.07) is 3.91.